The van der Waals surface area contributed by atoms with E-state index in [4.69, 9.17) is 29.7 Å². The van der Waals surface area contributed by atoms with Crippen LogP contribution in [-0.2, 0) is 35.2 Å². The van der Waals surface area contributed by atoms with E-state index in [1.165, 1.54) is 18.2 Å². The maximum Gasteiger partial charge on any atom is 0.335 e. The minimum atomic E-state index is -1.90. The molecule has 2 rings (SSSR count). The summed E-state index contributed by atoms with van der Waals surface area (Å²) in [5.74, 6) is 2.98. The van der Waals surface area contributed by atoms with Gasteiger partial charge in [-0.2, -0.15) is 0 Å². The van der Waals surface area contributed by atoms with Gasteiger partial charge in [0.1, 0.15) is 30.7 Å². The van der Waals surface area contributed by atoms with E-state index in [1.54, 1.807) is 0 Å². The molecule has 0 saturated carbocycles. The zero-order valence-electron chi connectivity index (χ0n) is 22.4. The zero-order chi connectivity index (χ0) is 29.4. The molecule has 0 aliphatic carbocycles. The van der Waals surface area contributed by atoms with E-state index in [0.717, 1.165) is 0 Å². The molecule has 1 heterocycles. The highest BCUT2D eigenvalue weighted by atomic mass is 16.7. The van der Waals surface area contributed by atoms with Crippen LogP contribution in [-0.4, -0.2) is 93.8 Å². The van der Waals surface area contributed by atoms with Crippen molar-refractivity contribution in [1.82, 2.24) is 5.32 Å². The van der Waals surface area contributed by atoms with Crippen molar-refractivity contribution in [3.63, 3.8) is 0 Å². The minimum absolute atomic E-state index is 0.0362. The summed E-state index contributed by atoms with van der Waals surface area (Å²) in [4.78, 5) is 40.0. The second-order valence-corrected chi connectivity index (χ2v) is 10.3. The highest BCUT2D eigenvalue weighted by Crippen LogP contribution is 2.28. The molecule has 7 N–H and O–H groups in total. The van der Waals surface area contributed by atoms with Crippen molar-refractivity contribution in [1.29, 1.82) is 0 Å². The molecule has 5 atom stereocenters. The first-order valence-corrected chi connectivity index (χ1v) is 12.3. The van der Waals surface area contributed by atoms with Gasteiger partial charge in [0.25, 0.3) is 12.4 Å². The quantitative estimate of drug-likeness (QED) is 0.119. The van der Waals surface area contributed by atoms with Crippen molar-refractivity contribution in [3.8, 4) is 5.75 Å². The number of carbonyl (C=O) groups is 3. The number of aliphatic carboxylic acids is 1. The fraction of sp³-hybridized carbons (Fsp3) is 0.640. The summed E-state index contributed by atoms with van der Waals surface area (Å²) in [6, 6.07) is 4.21. The summed E-state index contributed by atoms with van der Waals surface area (Å²) >= 11 is 0. The molecule has 0 aromatic heterocycles. The Labute approximate surface area is 225 Å². The van der Waals surface area contributed by atoms with Crippen LogP contribution in [0.25, 0.3) is 0 Å². The summed E-state index contributed by atoms with van der Waals surface area (Å²) < 4.78 is 21.4. The first-order chi connectivity index (χ1) is 18.2. The van der Waals surface area contributed by atoms with E-state index in [2.05, 4.69) is 5.32 Å². The number of amides is 1. The Morgan fingerprint density at radius 3 is 2.38 bits per heavy atom. The number of carbonyl (C=O) groups excluding carboxylic acids is 2. The second-order valence-electron chi connectivity index (χ2n) is 10.3. The average Bonchev–Trinajstić information content (AvgIpc) is 2.87. The van der Waals surface area contributed by atoms with Gasteiger partial charge in [0.15, 0.2) is 6.10 Å². The number of carboxylic acids is 1. The smallest absolute Gasteiger partial charge is 0.335 e. The number of aliphatic hydroxyl groups excluding tert-OH is 3. The maximum atomic E-state index is 13.1. The molecule has 0 radical (unpaired) electrons. The van der Waals surface area contributed by atoms with E-state index in [9.17, 15) is 34.8 Å². The third kappa shape index (κ3) is 9.39. The monoisotopic (exact) mass is 558 g/mol. The van der Waals surface area contributed by atoms with Crippen molar-refractivity contribution in [2.24, 2.45) is 5.90 Å². The van der Waals surface area contributed by atoms with Crippen LogP contribution < -0.4 is 16.0 Å². The van der Waals surface area contributed by atoms with Gasteiger partial charge in [-0.25, -0.2) is 10.7 Å². The first-order valence-electron chi connectivity index (χ1n) is 12.3. The number of aliphatic hydroxyl groups is 3. The van der Waals surface area contributed by atoms with Crippen molar-refractivity contribution < 1.29 is 58.6 Å². The van der Waals surface area contributed by atoms with Gasteiger partial charge in [-0.3, -0.25) is 14.4 Å². The predicted molar refractivity (Wildman–Crippen MR) is 133 cm³/mol. The van der Waals surface area contributed by atoms with Crippen LogP contribution in [0.15, 0.2) is 18.2 Å². The first kappa shape index (κ1) is 32.4. The molecule has 1 saturated heterocycles. The van der Waals surface area contributed by atoms with Gasteiger partial charge in [-0.05, 0) is 51.8 Å². The molecule has 0 spiro atoms. The largest absolute Gasteiger partial charge is 0.479 e. The fourth-order valence-electron chi connectivity index (χ4n) is 3.63. The highest BCUT2D eigenvalue weighted by Gasteiger charge is 2.48. The second kappa shape index (κ2) is 14.0. The normalized spacial score (nSPS) is 23.6. The number of ether oxygens (including phenoxy) is 4. The van der Waals surface area contributed by atoms with Crippen molar-refractivity contribution >= 4 is 18.3 Å². The topological polar surface area (TPSA) is 216 Å². The molecule has 0 bridgehead atoms. The minimum Gasteiger partial charge on any atom is -0.479 e. The summed E-state index contributed by atoms with van der Waals surface area (Å²) in [5.41, 5.74) is -0.740. The molecule has 14 heteroatoms. The van der Waals surface area contributed by atoms with Crippen LogP contribution in [0.1, 0.15) is 56.5 Å². The van der Waals surface area contributed by atoms with Crippen LogP contribution in [0.4, 0.5) is 0 Å². The molecule has 1 aromatic carbocycles. The Kier molecular flexibility index (Phi) is 11.6. The molecule has 1 aliphatic heterocycles. The van der Waals surface area contributed by atoms with Crippen LogP contribution >= 0.6 is 0 Å². The van der Waals surface area contributed by atoms with Crippen LogP contribution in [0, 0.1) is 0 Å². The van der Waals surface area contributed by atoms with Gasteiger partial charge in [0, 0.05) is 13.0 Å². The molecule has 1 amide bonds. The van der Waals surface area contributed by atoms with Gasteiger partial charge >= 0.3 is 5.97 Å². The van der Waals surface area contributed by atoms with Crippen LogP contribution in [0.3, 0.4) is 0 Å². The fourth-order valence-corrected chi connectivity index (χ4v) is 3.63. The van der Waals surface area contributed by atoms with Gasteiger partial charge < -0.3 is 44.7 Å². The van der Waals surface area contributed by atoms with Crippen molar-refractivity contribution in [2.45, 2.75) is 89.1 Å². The average molecular weight is 559 g/mol. The van der Waals surface area contributed by atoms with E-state index in [1.807, 2.05) is 27.7 Å². The van der Waals surface area contributed by atoms with Gasteiger partial charge in [0.2, 0.25) is 6.29 Å². The Morgan fingerprint density at radius 2 is 1.77 bits per heavy atom. The molecular formula is C25H38N2O12. The van der Waals surface area contributed by atoms with Crippen molar-refractivity contribution in [2.75, 3.05) is 13.2 Å². The third-order valence-electron chi connectivity index (χ3n) is 6.19. The number of carboxylic acid groups (broad SMARTS) is 1. The Hall–Kier alpha value is -2.85. The number of nitrogens with two attached hydrogens (primary N) is 1. The number of rotatable bonds is 15. The van der Waals surface area contributed by atoms with Crippen LogP contribution in [0.5, 0.6) is 5.75 Å². The van der Waals surface area contributed by atoms with E-state index >= 15 is 0 Å². The van der Waals surface area contributed by atoms with E-state index in [0.29, 0.717) is 25.0 Å². The lowest BCUT2D eigenvalue weighted by Gasteiger charge is -2.38. The lowest BCUT2D eigenvalue weighted by molar-refractivity contribution is -0.271. The van der Waals surface area contributed by atoms with E-state index in [-0.39, 0.29) is 30.9 Å². The lowest BCUT2D eigenvalue weighted by atomic mass is 9.99. The Bertz CT molecular complexity index is 986. The van der Waals surface area contributed by atoms with E-state index < -0.39 is 53.8 Å². The number of hydrogen-bond acceptors (Lipinski definition) is 12. The predicted octanol–water partition coefficient (Wildman–Crippen LogP) is -0.395. The number of benzene rings is 1. The molecule has 14 nitrogen and oxygen atoms in total. The summed E-state index contributed by atoms with van der Waals surface area (Å²) in [6.07, 6.45) is -8.22. The molecule has 220 valence electrons. The van der Waals surface area contributed by atoms with Crippen LogP contribution in [0.2, 0.25) is 0 Å². The van der Waals surface area contributed by atoms with Crippen molar-refractivity contribution in [3.05, 3.63) is 29.3 Å². The highest BCUT2D eigenvalue weighted by molar-refractivity contribution is 5.97. The van der Waals surface area contributed by atoms with Gasteiger partial charge in [-0.1, -0.05) is 6.07 Å². The van der Waals surface area contributed by atoms with Gasteiger partial charge in [0.05, 0.1) is 23.4 Å². The molecule has 39 heavy (non-hydrogen) atoms. The standard InChI is InChI=1S/C25H38N2O12/c1-24(2,36-10-8-25(3,4)39-26)7-9-27-21(32)15-11-14(12-35-13-28)5-6-16(15)37-23-19(31)17(29)18(30)20(38-23)22(33)34/h5-6,11,13,17-20,23,29-31H,7-10,12,26H2,1-4H3,(H,27,32)(H,33,34)/t17-,18-,19+,20-,23+/m0/s1. The number of hydrogen-bond donors (Lipinski definition) is 6. The molecule has 1 aliphatic rings. The Balaban J connectivity index is 2.14. The summed E-state index contributed by atoms with van der Waals surface area (Å²) in [7, 11) is 0. The lowest BCUT2D eigenvalue weighted by Crippen LogP contribution is -2.61. The number of nitrogens with one attached hydrogen (secondary N) is 1. The zero-order valence-corrected chi connectivity index (χ0v) is 22.4. The summed E-state index contributed by atoms with van der Waals surface area (Å²) in [6.45, 7) is 8.08. The molecular weight excluding hydrogens is 520 g/mol. The molecule has 0 unspecified atom stereocenters. The van der Waals surface area contributed by atoms with Gasteiger partial charge in [-0.15, -0.1) is 0 Å². The Morgan fingerprint density at radius 1 is 1.08 bits per heavy atom. The third-order valence-corrected chi connectivity index (χ3v) is 6.19. The molecule has 1 fully saturated rings. The SMILES string of the molecule is CC(C)(CCOC(C)(C)CCNC(=O)c1cc(COC=O)ccc1O[C@@H]1O[C@H](C(=O)O)[C@@H](O)[C@H](O)[C@H]1O)ON. The maximum absolute atomic E-state index is 13.1. The summed E-state index contributed by atoms with van der Waals surface area (Å²) in [5, 5.41) is 42.3. The molecule has 1 aromatic rings.